The van der Waals surface area contributed by atoms with Gasteiger partial charge in [-0.05, 0) is 36.8 Å². The molecule has 1 aromatic carbocycles. The van der Waals surface area contributed by atoms with E-state index in [1.165, 1.54) is 6.92 Å². The number of nitrogens with one attached hydrogen (secondary N) is 1. The molecule has 0 radical (unpaired) electrons. The Kier molecular flexibility index (Phi) is 6.61. The number of hydrogen-bond donors (Lipinski definition) is 1. The van der Waals surface area contributed by atoms with Gasteiger partial charge in [-0.2, -0.15) is 13.2 Å². The number of carbonyl (C=O) groups is 2. The van der Waals surface area contributed by atoms with Crippen LogP contribution in [0.2, 0.25) is 0 Å². The normalized spacial score (nSPS) is 11.2. The average Bonchev–Trinajstić information content (AvgIpc) is 2.60. The lowest BCUT2D eigenvalue weighted by molar-refractivity contribution is -0.139. The number of aromatic nitrogens is 1. The van der Waals surface area contributed by atoms with E-state index in [0.29, 0.717) is 29.4 Å². The summed E-state index contributed by atoms with van der Waals surface area (Å²) in [5.41, 5.74) is -1.40. The Hall–Kier alpha value is -3.10. The standard InChI is InChI=1S/C19H20F3N3O3/c1-3-24(13(2)26)11-14-6-4-7-15(10-14)23-17(27)12-25-9-5-8-16(18(25)28)19(20,21)22/h4-10H,3,11-12H2,1-2H3,(H,23,27). The first-order chi connectivity index (χ1) is 13.1. The number of rotatable bonds is 6. The Balaban J connectivity index is 2.11. The summed E-state index contributed by atoms with van der Waals surface area (Å²) in [5, 5.41) is 2.55. The molecule has 0 unspecified atom stereocenters. The van der Waals surface area contributed by atoms with E-state index in [9.17, 15) is 27.6 Å². The molecule has 0 atom stereocenters. The minimum atomic E-state index is -4.78. The second kappa shape index (κ2) is 8.73. The van der Waals surface area contributed by atoms with Crippen molar-refractivity contribution < 1.29 is 22.8 Å². The molecule has 28 heavy (non-hydrogen) atoms. The summed E-state index contributed by atoms with van der Waals surface area (Å²) in [6.07, 6.45) is -3.66. The van der Waals surface area contributed by atoms with Gasteiger partial charge in [0.15, 0.2) is 0 Å². The fourth-order valence-electron chi connectivity index (χ4n) is 2.65. The van der Waals surface area contributed by atoms with Crippen molar-refractivity contribution in [2.24, 2.45) is 0 Å². The molecular formula is C19H20F3N3O3. The first-order valence-corrected chi connectivity index (χ1v) is 8.52. The molecule has 0 aliphatic rings. The highest BCUT2D eigenvalue weighted by Crippen LogP contribution is 2.26. The Morgan fingerprint density at radius 1 is 1.18 bits per heavy atom. The van der Waals surface area contributed by atoms with E-state index in [2.05, 4.69) is 5.32 Å². The van der Waals surface area contributed by atoms with Gasteiger partial charge in [0.25, 0.3) is 5.56 Å². The highest BCUT2D eigenvalue weighted by Gasteiger charge is 2.34. The molecule has 150 valence electrons. The van der Waals surface area contributed by atoms with Crippen molar-refractivity contribution in [3.05, 3.63) is 64.1 Å². The summed E-state index contributed by atoms with van der Waals surface area (Å²) in [5.74, 6) is -0.724. The molecule has 0 bridgehead atoms. The Morgan fingerprint density at radius 2 is 1.89 bits per heavy atom. The monoisotopic (exact) mass is 395 g/mol. The van der Waals surface area contributed by atoms with Gasteiger partial charge in [0.2, 0.25) is 11.8 Å². The molecule has 0 saturated heterocycles. The molecule has 1 heterocycles. The van der Waals surface area contributed by atoms with Crippen LogP contribution >= 0.6 is 0 Å². The zero-order valence-corrected chi connectivity index (χ0v) is 15.4. The molecule has 0 fully saturated rings. The number of carbonyl (C=O) groups excluding carboxylic acids is 2. The van der Waals surface area contributed by atoms with Crippen molar-refractivity contribution in [2.75, 3.05) is 11.9 Å². The minimum absolute atomic E-state index is 0.0825. The van der Waals surface area contributed by atoms with Crippen molar-refractivity contribution >= 4 is 17.5 Å². The van der Waals surface area contributed by atoms with Gasteiger partial charge in [0.1, 0.15) is 12.1 Å². The number of amides is 2. The molecule has 0 spiro atoms. The molecule has 2 rings (SSSR count). The summed E-state index contributed by atoms with van der Waals surface area (Å²) in [6.45, 7) is 3.65. The van der Waals surface area contributed by atoms with Gasteiger partial charge in [-0.25, -0.2) is 0 Å². The van der Waals surface area contributed by atoms with Crippen molar-refractivity contribution in [1.82, 2.24) is 9.47 Å². The number of anilines is 1. The molecule has 2 amide bonds. The van der Waals surface area contributed by atoms with Crippen LogP contribution in [0, 0.1) is 0 Å². The molecule has 6 nitrogen and oxygen atoms in total. The van der Waals surface area contributed by atoms with Crippen LogP contribution in [0.3, 0.4) is 0 Å². The van der Waals surface area contributed by atoms with Gasteiger partial charge in [0, 0.05) is 31.9 Å². The number of halogens is 3. The van der Waals surface area contributed by atoms with Crippen molar-refractivity contribution in [3.8, 4) is 0 Å². The van der Waals surface area contributed by atoms with Gasteiger partial charge in [-0.3, -0.25) is 14.4 Å². The summed E-state index contributed by atoms with van der Waals surface area (Å²) in [4.78, 5) is 37.2. The van der Waals surface area contributed by atoms with Gasteiger partial charge in [-0.15, -0.1) is 0 Å². The summed E-state index contributed by atoms with van der Waals surface area (Å²) < 4.78 is 39.1. The predicted molar refractivity (Wildman–Crippen MR) is 97.5 cm³/mol. The quantitative estimate of drug-likeness (QED) is 0.818. The maximum atomic E-state index is 12.8. The number of alkyl halides is 3. The maximum Gasteiger partial charge on any atom is 0.421 e. The first-order valence-electron chi connectivity index (χ1n) is 8.52. The molecular weight excluding hydrogens is 375 g/mol. The van der Waals surface area contributed by atoms with Crippen molar-refractivity contribution in [3.63, 3.8) is 0 Å². The number of nitrogens with zero attached hydrogens (tertiary/aromatic N) is 2. The van der Waals surface area contributed by atoms with Gasteiger partial charge in [0.05, 0.1) is 0 Å². The van der Waals surface area contributed by atoms with E-state index in [4.69, 9.17) is 0 Å². The van der Waals surface area contributed by atoms with Crippen LogP contribution < -0.4 is 10.9 Å². The fraction of sp³-hybridized carbons (Fsp3) is 0.316. The number of benzene rings is 1. The predicted octanol–water partition coefficient (Wildman–Crippen LogP) is 2.87. The maximum absolute atomic E-state index is 12.8. The van der Waals surface area contributed by atoms with E-state index < -0.39 is 29.8 Å². The van der Waals surface area contributed by atoms with E-state index in [1.54, 1.807) is 29.2 Å². The number of pyridine rings is 1. The topological polar surface area (TPSA) is 71.4 Å². The van der Waals surface area contributed by atoms with Gasteiger partial charge >= 0.3 is 6.18 Å². The Labute approximate surface area is 159 Å². The van der Waals surface area contributed by atoms with Gasteiger partial charge < -0.3 is 14.8 Å². The highest BCUT2D eigenvalue weighted by atomic mass is 19.4. The second-order valence-corrected chi connectivity index (χ2v) is 6.13. The van der Waals surface area contributed by atoms with Crippen LogP contribution in [0.15, 0.2) is 47.4 Å². The van der Waals surface area contributed by atoms with Crippen LogP contribution in [-0.4, -0.2) is 27.8 Å². The summed E-state index contributed by atoms with van der Waals surface area (Å²) in [7, 11) is 0. The lowest BCUT2D eigenvalue weighted by atomic mass is 10.2. The molecule has 0 aliphatic heterocycles. The fourth-order valence-corrected chi connectivity index (χ4v) is 2.65. The van der Waals surface area contributed by atoms with E-state index in [1.807, 2.05) is 6.92 Å². The van der Waals surface area contributed by atoms with Crippen LogP contribution in [0.25, 0.3) is 0 Å². The van der Waals surface area contributed by atoms with E-state index >= 15 is 0 Å². The second-order valence-electron chi connectivity index (χ2n) is 6.13. The molecule has 1 N–H and O–H groups in total. The third-order valence-electron chi connectivity index (χ3n) is 4.05. The lowest BCUT2D eigenvalue weighted by Crippen LogP contribution is -2.32. The third-order valence-corrected chi connectivity index (χ3v) is 4.05. The zero-order chi connectivity index (χ0) is 20.9. The van der Waals surface area contributed by atoms with Crippen molar-refractivity contribution in [1.29, 1.82) is 0 Å². The first kappa shape index (κ1) is 21.2. The smallest absolute Gasteiger partial charge is 0.339 e. The SMILES string of the molecule is CCN(Cc1cccc(NC(=O)Cn2cccc(C(F)(F)F)c2=O)c1)C(C)=O. The molecule has 0 aliphatic carbocycles. The lowest BCUT2D eigenvalue weighted by Gasteiger charge is -2.19. The average molecular weight is 395 g/mol. The molecule has 0 saturated carbocycles. The summed E-state index contributed by atoms with van der Waals surface area (Å²) >= 11 is 0. The van der Waals surface area contributed by atoms with Crippen LogP contribution in [0.1, 0.15) is 25.0 Å². The van der Waals surface area contributed by atoms with E-state index in [0.717, 1.165) is 17.8 Å². The van der Waals surface area contributed by atoms with Crippen LogP contribution in [-0.2, 0) is 28.9 Å². The van der Waals surface area contributed by atoms with E-state index in [-0.39, 0.29) is 5.91 Å². The van der Waals surface area contributed by atoms with Gasteiger partial charge in [-0.1, -0.05) is 12.1 Å². The third kappa shape index (κ3) is 5.45. The molecule has 1 aromatic heterocycles. The number of hydrogen-bond acceptors (Lipinski definition) is 3. The zero-order valence-electron chi connectivity index (χ0n) is 15.4. The summed E-state index contributed by atoms with van der Waals surface area (Å²) in [6, 6.07) is 8.50. The Bertz CT molecular complexity index is 922. The molecule has 2 aromatic rings. The van der Waals surface area contributed by atoms with Crippen LogP contribution in [0.5, 0.6) is 0 Å². The Morgan fingerprint density at radius 3 is 2.50 bits per heavy atom. The van der Waals surface area contributed by atoms with Crippen molar-refractivity contribution in [2.45, 2.75) is 33.1 Å². The highest BCUT2D eigenvalue weighted by molar-refractivity contribution is 5.90. The minimum Gasteiger partial charge on any atom is -0.339 e. The van der Waals surface area contributed by atoms with Crippen LogP contribution in [0.4, 0.5) is 18.9 Å². The largest absolute Gasteiger partial charge is 0.421 e. The molecule has 9 heteroatoms.